The van der Waals surface area contributed by atoms with Gasteiger partial charge in [-0.15, -0.1) is 12.4 Å². The smallest absolute Gasteiger partial charge is 0.244 e. The van der Waals surface area contributed by atoms with Crippen LogP contribution in [0.3, 0.4) is 0 Å². The van der Waals surface area contributed by atoms with Crippen molar-refractivity contribution in [2.45, 2.75) is 32.7 Å². The summed E-state index contributed by atoms with van der Waals surface area (Å²) in [5.41, 5.74) is 6.98. The van der Waals surface area contributed by atoms with Crippen LogP contribution in [0.5, 0.6) is 0 Å². The van der Waals surface area contributed by atoms with E-state index in [2.05, 4.69) is 13.8 Å². The second kappa shape index (κ2) is 7.65. The van der Waals surface area contributed by atoms with E-state index in [9.17, 15) is 4.79 Å². The van der Waals surface area contributed by atoms with Crippen molar-refractivity contribution in [2.75, 3.05) is 13.1 Å². The summed E-state index contributed by atoms with van der Waals surface area (Å²) in [4.78, 5) is 14.3. The normalized spacial score (nSPS) is 19.8. The zero-order valence-electron chi connectivity index (χ0n) is 12.3. The van der Waals surface area contributed by atoms with Crippen molar-refractivity contribution in [3.63, 3.8) is 0 Å². The fourth-order valence-electron chi connectivity index (χ4n) is 2.89. The van der Waals surface area contributed by atoms with Crippen LogP contribution in [-0.4, -0.2) is 23.9 Å². The summed E-state index contributed by atoms with van der Waals surface area (Å²) >= 11 is 0. The highest BCUT2D eigenvalue weighted by Gasteiger charge is 2.29. The molecule has 1 fully saturated rings. The molecule has 0 radical (unpaired) electrons. The Morgan fingerprint density at radius 2 is 2.00 bits per heavy atom. The summed E-state index contributed by atoms with van der Waals surface area (Å²) in [5, 5.41) is 0. The van der Waals surface area contributed by atoms with Crippen LogP contribution in [0.2, 0.25) is 0 Å². The minimum absolute atomic E-state index is 0. The van der Waals surface area contributed by atoms with Crippen molar-refractivity contribution in [3.05, 3.63) is 35.9 Å². The molecule has 1 saturated heterocycles. The van der Waals surface area contributed by atoms with Crippen LogP contribution in [0.25, 0.3) is 0 Å². The first-order valence-corrected chi connectivity index (χ1v) is 7.17. The maximum Gasteiger partial charge on any atom is 0.244 e. The quantitative estimate of drug-likeness (QED) is 0.928. The second-order valence-electron chi connectivity index (χ2n) is 5.96. The predicted molar refractivity (Wildman–Crippen MR) is 84.8 cm³/mol. The van der Waals surface area contributed by atoms with Gasteiger partial charge < -0.3 is 10.6 Å². The fraction of sp³-hybridized carbons (Fsp3) is 0.562. The molecular formula is C16H25ClN2O. The van der Waals surface area contributed by atoms with E-state index in [4.69, 9.17) is 5.73 Å². The number of hydrogen-bond donors (Lipinski definition) is 1. The lowest BCUT2D eigenvalue weighted by molar-refractivity contribution is -0.131. The number of hydrogen-bond acceptors (Lipinski definition) is 2. The molecule has 2 unspecified atom stereocenters. The zero-order valence-corrected chi connectivity index (χ0v) is 13.1. The molecule has 4 heteroatoms. The maximum atomic E-state index is 12.4. The highest BCUT2D eigenvalue weighted by atomic mass is 35.5. The summed E-state index contributed by atoms with van der Waals surface area (Å²) in [6.07, 6.45) is 2.32. The summed E-state index contributed by atoms with van der Waals surface area (Å²) in [5.74, 6) is 1.41. The minimum Gasteiger partial charge on any atom is -0.341 e. The van der Waals surface area contributed by atoms with E-state index >= 15 is 0 Å². The lowest BCUT2D eigenvalue weighted by Crippen LogP contribution is -2.37. The Hall–Kier alpha value is -1.06. The predicted octanol–water partition coefficient (Wildman–Crippen LogP) is 3.00. The van der Waals surface area contributed by atoms with Crippen molar-refractivity contribution >= 4 is 18.3 Å². The van der Waals surface area contributed by atoms with Crippen molar-refractivity contribution in [2.24, 2.45) is 17.6 Å². The highest BCUT2D eigenvalue weighted by molar-refractivity contribution is 5.85. The second-order valence-corrected chi connectivity index (χ2v) is 5.96. The summed E-state index contributed by atoms with van der Waals surface area (Å²) < 4.78 is 0. The van der Waals surface area contributed by atoms with Crippen LogP contribution >= 0.6 is 12.4 Å². The molecule has 2 N–H and O–H groups in total. The average Bonchev–Trinajstić information content (AvgIpc) is 2.85. The maximum absolute atomic E-state index is 12.4. The molecule has 1 aromatic rings. The van der Waals surface area contributed by atoms with Gasteiger partial charge in [0.1, 0.15) is 6.04 Å². The van der Waals surface area contributed by atoms with Gasteiger partial charge in [0.15, 0.2) is 0 Å². The third-order valence-corrected chi connectivity index (χ3v) is 3.83. The number of rotatable bonds is 4. The highest BCUT2D eigenvalue weighted by Crippen LogP contribution is 2.25. The molecule has 0 aromatic heterocycles. The van der Waals surface area contributed by atoms with Crippen LogP contribution in [0.1, 0.15) is 38.3 Å². The molecule has 2 atom stereocenters. The Morgan fingerprint density at radius 1 is 1.35 bits per heavy atom. The van der Waals surface area contributed by atoms with E-state index in [1.54, 1.807) is 0 Å². The van der Waals surface area contributed by atoms with Crippen LogP contribution in [0, 0.1) is 11.8 Å². The van der Waals surface area contributed by atoms with Gasteiger partial charge in [0.2, 0.25) is 5.91 Å². The van der Waals surface area contributed by atoms with Crippen molar-refractivity contribution in [3.8, 4) is 0 Å². The SMILES string of the molecule is CC(C)CC1CCN(C(=O)C(N)c2ccccc2)C1.Cl. The number of nitrogens with zero attached hydrogens (tertiary/aromatic N) is 1. The molecule has 0 bridgehead atoms. The summed E-state index contributed by atoms with van der Waals surface area (Å²) in [6.45, 7) is 6.20. The Labute approximate surface area is 127 Å². The Kier molecular flexibility index (Phi) is 6.50. The first kappa shape index (κ1) is 17.0. The molecule has 1 aromatic carbocycles. The minimum atomic E-state index is -0.515. The number of amides is 1. The van der Waals surface area contributed by atoms with Crippen molar-refractivity contribution < 1.29 is 4.79 Å². The number of benzene rings is 1. The standard InChI is InChI=1S/C16H24N2O.ClH/c1-12(2)10-13-8-9-18(11-13)16(19)15(17)14-6-4-3-5-7-14;/h3-7,12-13,15H,8-11,17H2,1-2H3;1H. The van der Waals surface area contributed by atoms with Gasteiger partial charge in [0.05, 0.1) is 0 Å². The van der Waals surface area contributed by atoms with Crippen molar-refractivity contribution in [1.29, 1.82) is 0 Å². The Balaban J connectivity index is 0.00000200. The lowest BCUT2D eigenvalue weighted by Gasteiger charge is -2.21. The van der Waals surface area contributed by atoms with Gasteiger partial charge in [-0.1, -0.05) is 44.2 Å². The van der Waals surface area contributed by atoms with Crippen LogP contribution < -0.4 is 5.73 Å². The van der Waals surface area contributed by atoms with Crippen LogP contribution in [0.4, 0.5) is 0 Å². The van der Waals surface area contributed by atoms with Gasteiger partial charge in [-0.25, -0.2) is 0 Å². The van der Waals surface area contributed by atoms with Gasteiger partial charge in [0.25, 0.3) is 0 Å². The molecule has 2 rings (SSSR count). The van der Waals surface area contributed by atoms with Crippen molar-refractivity contribution in [1.82, 2.24) is 4.90 Å². The number of nitrogens with two attached hydrogens (primary N) is 1. The first-order chi connectivity index (χ1) is 9.08. The summed E-state index contributed by atoms with van der Waals surface area (Å²) in [6, 6.07) is 9.12. The van der Waals surface area contributed by atoms with Crippen LogP contribution in [0.15, 0.2) is 30.3 Å². The number of halogens is 1. The van der Waals surface area contributed by atoms with Gasteiger partial charge in [-0.2, -0.15) is 0 Å². The molecule has 20 heavy (non-hydrogen) atoms. The molecule has 0 saturated carbocycles. The third-order valence-electron chi connectivity index (χ3n) is 3.83. The average molecular weight is 297 g/mol. The number of carbonyl (C=O) groups is 1. The molecule has 112 valence electrons. The van der Waals surface area contributed by atoms with Gasteiger partial charge in [-0.3, -0.25) is 4.79 Å². The lowest BCUT2D eigenvalue weighted by atomic mass is 9.97. The van der Waals surface area contributed by atoms with Crippen LogP contribution in [-0.2, 0) is 4.79 Å². The monoisotopic (exact) mass is 296 g/mol. The van der Waals surface area contributed by atoms with Gasteiger partial charge >= 0.3 is 0 Å². The van der Waals surface area contributed by atoms with E-state index in [-0.39, 0.29) is 18.3 Å². The molecule has 3 nitrogen and oxygen atoms in total. The fourth-order valence-corrected chi connectivity index (χ4v) is 2.89. The number of likely N-dealkylation sites (tertiary alicyclic amines) is 1. The zero-order chi connectivity index (χ0) is 13.8. The van der Waals surface area contributed by atoms with E-state index < -0.39 is 6.04 Å². The van der Waals surface area contributed by atoms with E-state index in [1.807, 2.05) is 35.2 Å². The largest absolute Gasteiger partial charge is 0.341 e. The molecule has 1 aliphatic heterocycles. The Morgan fingerprint density at radius 3 is 2.60 bits per heavy atom. The first-order valence-electron chi connectivity index (χ1n) is 7.17. The van der Waals surface area contributed by atoms with E-state index in [1.165, 1.54) is 6.42 Å². The third kappa shape index (κ3) is 4.22. The molecular weight excluding hydrogens is 272 g/mol. The van der Waals surface area contributed by atoms with E-state index in [0.717, 1.165) is 25.1 Å². The van der Waals surface area contributed by atoms with Gasteiger partial charge in [0, 0.05) is 13.1 Å². The topological polar surface area (TPSA) is 46.3 Å². The Bertz CT molecular complexity index is 422. The summed E-state index contributed by atoms with van der Waals surface area (Å²) in [7, 11) is 0. The van der Waals surface area contributed by atoms with Gasteiger partial charge in [-0.05, 0) is 30.2 Å². The molecule has 1 aliphatic rings. The molecule has 1 heterocycles. The molecule has 1 amide bonds. The number of carbonyl (C=O) groups excluding carboxylic acids is 1. The molecule has 0 spiro atoms. The molecule has 0 aliphatic carbocycles. The van der Waals surface area contributed by atoms with E-state index in [0.29, 0.717) is 11.8 Å².